The quantitative estimate of drug-likeness (QED) is 0.768. The predicted molar refractivity (Wildman–Crippen MR) is 97.0 cm³/mol. The van der Waals surface area contributed by atoms with Crippen molar-refractivity contribution in [1.29, 1.82) is 0 Å². The molecule has 0 aliphatic heterocycles. The Balaban J connectivity index is 1.43. The number of imidazole rings is 1. The number of fused-ring (bicyclic) bond motifs is 1. The van der Waals surface area contributed by atoms with Gasteiger partial charge in [0.05, 0.1) is 5.69 Å². The lowest BCUT2D eigenvalue weighted by Gasteiger charge is -2.14. The third kappa shape index (κ3) is 3.39. The summed E-state index contributed by atoms with van der Waals surface area (Å²) in [5.74, 6) is 1.01. The van der Waals surface area contributed by atoms with Crippen molar-refractivity contribution >= 4 is 17.4 Å². The maximum absolute atomic E-state index is 12.2. The molecule has 1 amide bonds. The van der Waals surface area contributed by atoms with E-state index < -0.39 is 0 Å². The summed E-state index contributed by atoms with van der Waals surface area (Å²) >= 11 is 0. The number of hydrogen-bond acceptors (Lipinski definition) is 4. The number of amides is 1. The number of carbonyl (C=O) groups excluding carboxylic acids is 1. The molecule has 0 bridgehead atoms. The van der Waals surface area contributed by atoms with Gasteiger partial charge in [-0.25, -0.2) is 9.97 Å². The summed E-state index contributed by atoms with van der Waals surface area (Å²) in [7, 11) is 0. The molecule has 25 heavy (non-hydrogen) atoms. The lowest BCUT2D eigenvalue weighted by Crippen LogP contribution is -2.28. The first kappa shape index (κ1) is 15.8. The van der Waals surface area contributed by atoms with Gasteiger partial charge >= 0.3 is 0 Å². The highest BCUT2D eigenvalue weighted by Gasteiger charge is 2.25. The summed E-state index contributed by atoms with van der Waals surface area (Å²) in [5, 5.41) is 2.96. The van der Waals surface area contributed by atoms with Crippen molar-refractivity contribution in [3.63, 3.8) is 0 Å². The van der Waals surface area contributed by atoms with E-state index in [0.29, 0.717) is 18.1 Å². The number of rotatable bonds is 4. The smallest absolute Gasteiger partial charge is 0.234 e. The van der Waals surface area contributed by atoms with Crippen molar-refractivity contribution < 1.29 is 4.79 Å². The average molecular weight is 335 g/mol. The number of hydrogen-bond donors (Lipinski definition) is 2. The minimum atomic E-state index is 0.0343. The van der Waals surface area contributed by atoms with E-state index in [1.54, 1.807) is 6.20 Å². The molecular weight excluding hydrogens is 314 g/mol. The Kier molecular flexibility index (Phi) is 4.19. The second-order valence-electron chi connectivity index (χ2n) is 6.64. The first-order chi connectivity index (χ1) is 12.2. The zero-order chi connectivity index (χ0) is 17.2. The Hall–Kier alpha value is -2.73. The summed E-state index contributed by atoms with van der Waals surface area (Å²) < 4.78 is 1.88. The summed E-state index contributed by atoms with van der Waals surface area (Å²) in [6, 6.07) is 9.75. The van der Waals surface area contributed by atoms with Crippen molar-refractivity contribution in [3.05, 3.63) is 48.9 Å². The van der Waals surface area contributed by atoms with Crippen molar-refractivity contribution in [2.75, 3.05) is 5.32 Å². The van der Waals surface area contributed by atoms with Crippen LogP contribution in [0.4, 0.5) is 5.69 Å². The molecule has 1 fully saturated rings. The number of nitrogens with one attached hydrogen (secondary N) is 1. The van der Waals surface area contributed by atoms with E-state index in [1.807, 2.05) is 47.1 Å². The van der Waals surface area contributed by atoms with Crippen LogP contribution in [0, 0.1) is 5.92 Å². The third-order valence-corrected chi connectivity index (χ3v) is 4.87. The van der Waals surface area contributed by atoms with Crippen LogP contribution >= 0.6 is 0 Å². The Labute approximate surface area is 146 Å². The summed E-state index contributed by atoms with van der Waals surface area (Å²) in [4.78, 5) is 20.9. The molecule has 3 N–H and O–H groups in total. The van der Waals surface area contributed by atoms with E-state index in [1.165, 1.54) is 0 Å². The lowest BCUT2D eigenvalue weighted by molar-refractivity contribution is -0.117. The van der Waals surface area contributed by atoms with Gasteiger partial charge in [-0.15, -0.1) is 0 Å². The van der Waals surface area contributed by atoms with Crippen molar-refractivity contribution in [3.8, 4) is 11.3 Å². The van der Waals surface area contributed by atoms with E-state index in [-0.39, 0.29) is 11.9 Å². The largest absolute Gasteiger partial charge is 0.327 e. The molecule has 0 spiro atoms. The minimum absolute atomic E-state index is 0.0343. The van der Waals surface area contributed by atoms with Gasteiger partial charge in [0, 0.05) is 42.3 Å². The zero-order valence-electron chi connectivity index (χ0n) is 13.9. The number of anilines is 1. The van der Waals surface area contributed by atoms with Crippen LogP contribution in [0.25, 0.3) is 17.0 Å². The molecule has 2 heterocycles. The van der Waals surface area contributed by atoms with Crippen LogP contribution < -0.4 is 11.1 Å². The van der Waals surface area contributed by atoms with Crippen LogP contribution in [0.5, 0.6) is 0 Å². The molecule has 6 heteroatoms. The molecule has 3 aromatic rings. The lowest BCUT2D eigenvalue weighted by atomic mass is 10.00. The van der Waals surface area contributed by atoms with Gasteiger partial charge in [-0.3, -0.25) is 9.20 Å². The number of benzene rings is 1. The molecule has 0 saturated heterocycles. The van der Waals surface area contributed by atoms with E-state index in [9.17, 15) is 4.79 Å². The van der Waals surface area contributed by atoms with E-state index in [0.717, 1.165) is 36.2 Å². The summed E-state index contributed by atoms with van der Waals surface area (Å²) in [6.07, 6.45) is 9.29. The molecule has 1 aliphatic rings. The SMILES string of the molecule is N[C@@H]1CCC[C@H]1CC(=O)Nc1ccc(-c2cn3cccnc3n2)cc1. The second-order valence-corrected chi connectivity index (χ2v) is 6.64. The molecule has 128 valence electrons. The molecule has 0 unspecified atom stereocenters. The Morgan fingerprint density at radius 1 is 1.28 bits per heavy atom. The van der Waals surface area contributed by atoms with Gasteiger partial charge in [0.15, 0.2) is 0 Å². The molecule has 4 rings (SSSR count). The maximum Gasteiger partial charge on any atom is 0.234 e. The van der Waals surface area contributed by atoms with Crippen LogP contribution in [0.3, 0.4) is 0 Å². The number of aromatic nitrogens is 3. The fraction of sp³-hybridized carbons (Fsp3) is 0.316. The monoisotopic (exact) mass is 335 g/mol. The van der Waals surface area contributed by atoms with Crippen LogP contribution in [-0.4, -0.2) is 26.3 Å². The summed E-state index contributed by atoms with van der Waals surface area (Å²) in [6.45, 7) is 0. The fourth-order valence-electron chi connectivity index (χ4n) is 3.46. The highest BCUT2D eigenvalue weighted by atomic mass is 16.1. The van der Waals surface area contributed by atoms with Gasteiger partial charge in [-0.2, -0.15) is 0 Å². The Morgan fingerprint density at radius 3 is 2.84 bits per heavy atom. The molecule has 0 radical (unpaired) electrons. The predicted octanol–water partition coefficient (Wildman–Crippen LogP) is 2.85. The maximum atomic E-state index is 12.2. The van der Waals surface area contributed by atoms with Crippen molar-refractivity contribution in [2.24, 2.45) is 11.7 Å². The second kappa shape index (κ2) is 6.64. The van der Waals surface area contributed by atoms with Crippen molar-refractivity contribution in [2.45, 2.75) is 31.7 Å². The van der Waals surface area contributed by atoms with Crippen LogP contribution in [0.1, 0.15) is 25.7 Å². The van der Waals surface area contributed by atoms with E-state index in [2.05, 4.69) is 15.3 Å². The standard InChI is InChI=1S/C19H21N5O/c20-16-4-1-3-14(16)11-18(25)22-15-7-5-13(6-8-15)17-12-24-10-2-9-21-19(24)23-17/h2,5-10,12,14,16H,1,3-4,11,20H2,(H,22,25)/t14-,16+/m0/s1. The van der Waals surface area contributed by atoms with Gasteiger partial charge in [0.1, 0.15) is 0 Å². The normalized spacial score (nSPS) is 20.0. The zero-order valence-corrected chi connectivity index (χ0v) is 13.9. The topological polar surface area (TPSA) is 85.3 Å². The van der Waals surface area contributed by atoms with Gasteiger partial charge < -0.3 is 11.1 Å². The van der Waals surface area contributed by atoms with Crippen LogP contribution in [0.2, 0.25) is 0 Å². The highest BCUT2D eigenvalue weighted by Crippen LogP contribution is 2.27. The Bertz CT molecular complexity index is 853. The first-order valence-corrected chi connectivity index (χ1v) is 8.64. The molecule has 2 atom stereocenters. The average Bonchev–Trinajstić information content (AvgIpc) is 3.22. The fourth-order valence-corrected chi connectivity index (χ4v) is 3.46. The number of nitrogens with two attached hydrogens (primary N) is 1. The van der Waals surface area contributed by atoms with Gasteiger partial charge in [0.25, 0.3) is 0 Å². The Morgan fingerprint density at radius 2 is 2.12 bits per heavy atom. The molecule has 2 aromatic heterocycles. The molecule has 1 aromatic carbocycles. The van der Waals surface area contributed by atoms with Crippen LogP contribution in [-0.2, 0) is 4.79 Å². The molecule has 1 saturated carbocycles. The van der Waals surface area contributed by atoms with Gasteiger partial charge in [0.2, 0.25) is 11.7 Å². The first-order valence-electron chi connectivity index (χ1n) is 8.64. The van der Waals surface area contributed by atoms with Gasteiger partial charge in [-0.05, 0) is 37.0 Å². The van der Waals surface area contributed by atoms with Crippen molar-refractivity contribution in [1.82, 2.24) is 14.4 Å². The molecule has 6 nitrogen and oxygen atoms in total. The summed E-state index contributed by atoms with van der Waals surface area (Å²) in [5.41, 5.74) is 8.68. The highest BCUT2D eigenvalue weighted by molar-refractivity contribution is 5.91. The minimum Gasteiger partial charge on any atom is -0.327 e. The molecular formula is C19H21N5O. The number of nitrogens with zero attached hydrogens (tertiary/aromatic N) is 3. The molecule has 1 aliphatic carbocycles. The van der Waals surface area contributed by atoms with Gasteiger partial charge in [-0.1, -0.05) is 18.6 Å². The van der Waals surface area contributed by atoms with Crippen LogP contribution in [0.15, 0.2) is 48.9 Å². The van der Waals surface area contributed by atoms with E-state index >= 15 is 0 Å². The number of carbonyl (C=O) groups is 1. The van der Waals surface area contributed by atoms with E-state index in [4.69, 9.17) is 5.73 Å². The third-order valence-electron chi connectivity index (χ3n) is 4.87.